The minimum Gasteiger partial charge on any atom is -0.396 e. The smallest absolute Gasteiger partial charge is 0.238 e. The van der Waals surface area contributed by atoms with Crippen molar-refractivity contribution in [3.8, 4) is 11.3 Å². The van der Waals surface area contributed by atoms with Gasteiger partial charge in [0, 0.05) is 28.4 Å². The van der Waals surface area contributed by atoms with Crippen LogP contribution in [-0.4, -0.2) is 23.4 Å². The number of nitrogens with two attached hydrogens (primary N) is 2. The van der Waals surface area contributed by atoms with Gasteiger partial charge in [0.25, 0.3) is 0 Å². The average Bonchev–Trinajstić information content (AvgIpc) is 3.12. The number of nitrogen functional groups attached to an aromatic ring is 1. The number of H-pyrrole nitrogens is 1. The molecule has 0 bridgehead atoms. The van der Waals surface area contributed by atoms with E-state index in [4.69, 9.17) is 10.9 Å². The van der Waals surface area contributed by atoms with Gasteiger partial charge in [-0.05, 0) is 30.3 Å². The van der Waals surface area contributed by atoms with Crippen molar-refractivity contribution in [2.75, 3.05) is 11.1 Å². The Balaban J connectivity index is 1.75. The quantitative estimate of drug-likeness (QED) is 0.429. The van der Waals surface area contributed by atoms with Crippen LogP contribution in [0.2, 0.25) is 0 Å². The Kier molecular flexibility index (Phi) is 4.02. The molecule has 9 heteroatoms. The molecule has 0 aliphatic carbocycles. The lowest BCUT2D eigenvalue weighted by Crippen LogP contribution is -2.12. The Hall–Kier alpha value is -3.43. The number of fused-ring (bicyclic) bond motifs is 1. The normalized spacial score (nSPS) is 11.6. The highest BCUT2D eigenvalue weighted by molar-refractivity contribution is 7.89. The number of hydrogen-bond acceptors (Lipinski definition) is 6. The summed E-state index contributed by atoms with van der Waals surface area (Å²) in [6.45, 7) is 0. The number of benzene rings is 2. The maximum absolute atomic E-state index is 11.5. The number of nitrogens with one attached hydrogen (secondary N) is 2. The van der Waals surface area contributed by atoms with Crippen LogP contribution in [-0.2, 0) is 10.0 Å². The van der Waals surface area contributed by atoms with Gasteiger partial charge < -0.3 is 16.0 Å². The first-order valence-electron chi connectivity index (χ1n) is 8.01. The average molecular weight is 380 g/mol. The highest BCUT2D eigenvalue weighted by Gasteiger charge is 2.12. The number of anilines is 3. The topological polar surface area (TPSA) is 140 Å². The third kappa shape index (κ3) is 3.33. The number of hydrogen-bond donors (Lipinski definition) is 4. The van der Waals surface area contributed by atoms with Gasteiger partial charge in [-0.25, -0.2) is 23.5 Å². The van der Waals surface area contributed by atoms with Gasteiger partial charge in [0.1, 0.15) is 0 Å². The first kappa shape index (κ1) is 17.0. The molecule has 0 saturated heterocycles. The van der Waals surface area contributed by atoms with Gasteiger partial charge in [-0.2, -0.15) is 0 Å². The van der Waals surface area contributed by atoms with Gasteiger partial charge in [0.2, 0.25) is 16.0 Å². The number of rotatable bonds is 4. The zero-order valence-corrected chi connectivity index (χ0v) is 14.9. The zero-order valence-electron chi connectivity index (χ0n) is 14.0. The Morgan fingerprint density at radius 1 is 1.07 bits per heavy atom. The molecule has 0 unspecified atom stereocenters. The second-order valence-electron chi connectivity index (χ2n) is 5.94. The van der Waals surface area contributed by atoms with Crippen molar-refractivity contribution in [2.45, 2.75) is 4.90 Å². The molecule has 0 saturated carbocycles. The molecule has 0 radical (unpaired) electrons. The monoisotopic (exact) mass is 380 g/mol. The number of primary sulfonamides is 1. The summed E-state index contributed by atoms with van der Waals surface area (Å²) in [5.41, 5.74) is 9.46. The molecule has 6 N–H and O–H groups in total. The van der Waals surface area contributed by atoms with Crippen molar-refractivity contribution in [1.82, 2.24) is 15.0 Å². The van der Waals surface area contributed by atoms with Crippen LogP contribution in [0.15, 0.2) is 65.8 Å². The van der Waals surface area contributed by atoms with E-state index in [0.29, 0.717) is 23.0 Å². The van der Waals surface area contributed by atoms with Gasteiger partial charge in [0.05, 0.1) is 22.5 Å². The molecule has 0 spiro atoms. The first-order valence-corrected chi connectivity index (χ1v) is 9.55. The van der Waals surface area contributed by atoms with Crippen molar-refractivity contribution >= 4 is 38.2 Å². The number of aromatic nitrogens is 3. The fraction of sp³-hybridized carbons (Fsp3) is 0. The third-order valence-electron chi connectivity index (χ3n) is 4.09. The molecule has 2 aromatic heterocycles. The zero-order chi connectivity index (χ0) is 19.0. The fourth-order valence-corrected chi connectivity index (χ4v) is 3.40. The molecule has 0 atom stereocenters. The standard InChI is InChI=1S/C18H16N6O2S/c19-15-10-22-18(23-11-3-1-4-12(9-11)27(20,25)26)24-17(15)14-5-2-6-16-13(14)7-8-21-16/h1-10,21H,19H2,(H2,20,25,26)(H,22,23,24). The minimum absolute atomic E-state index is 0.000240. The molecular formula is C18H16N6O2S. The Morgan fingerprint density at radius 3 is 2.70 bits per heavy atom. The lowest BCUT2D eigenvalue weighted by Gasteiger charge is -2.10. The van der Waals surface area contributed by atoms with Crippen molar-refractivity contribution in [2.24, 2.45) is 5.14 Å². The third-order valence-corrected chi connectivity index (χ3v) is 5.00. The molecule has 27 heavy (non-hydrogen) atoms. The molecule has 0 aliphatic heterocycles. The van der Waals surface area contributed by atoms with Crippen molar-refractivity contribution in [3.63, 3.8) is 0 Å². The van der Waals surface area contributed by atoms with Crippen LogP contribution in [0.1, 0.15) is 0 Å². The van der Waals surface area contributed by atoms with E-state index in [2.05, 4.69) is 20.3 Å². The molecule has 2 aromatic carbocycles. The maximum atomic E-state index is 11.5. The summed E-state index contributed by atoms with van der Waals surface area (Å²) in [5, 5.41) is 9.16. The highest BCUT2D eigenvalue weighted by Crippen LogP contribution is 2.31. The summed E-state index contributed by atoms with van der Waals surface area (Å²) in [6, 6.07) is 13.9. The van der Waals surface area contributed by atoms with Crippen LogP contribution in [0.4, 0.5) is 17.3 Å². The van der Waals surface area contributed by atoms with E-state index in [1.807, 2.05) is 30.5 Å². The molecular weight excluding hydrogens is 364 g/mol. The lowest BCUT2D eigenvalue weighted by molar-refractivity contribution is 0.598. The molecule has 0 amide bonds. The van der Waals surface area contributed by atoms with Crippen LogP contribution < -0.4 is 16.2 Å². The first-order chi connectivity index (χ1) is 12.9. The van der Waals surface area contributed by atoms with Crippen LogP contribution in [0.3, 0.4) is 0 Å². The minimum atomic E-state index is -3.80. The van der Waals surface area contributed by atoms with Crippen LogP contribution >= 0.6 is 0 Å². The summed E-state index contributed by atoms with van der Waals surface area (Å²) < 4.78 is 23.0. The summed E-state index contributed by atoms with van der Waals surface area (Å²) in [7, 11) is -3.80. The fourth-order valence-electron chi connectivity index (χ4n) is 2.84. The molecule has 0 fully saturated rings. The summed E-state index contributed by atoms with van der Waals surface area (Å²) >= 11 is 0. The van der Waals surface area contributed by atoms with Crippen molar-refractivity contribution in [1.29, 1.82) is 0 Å². The molecule has 4 aromatic rings. The van der Waals surface area contributed by atoms with Crippen molar-refractivity contribution in [3.05, 3.63) is 60.9 Å². The number of sulfonamides is 1. The van der Waals surface area contributed by atoms with Crippen LogP contribution in [0.5, 0.6) is 0 Å². The van der Waals surface area contributed by atoms with E-state index in [9.17, 15) is 8.42 Å². The predicted molar refractivity (Wildman–Crippen MR) is 105 cm³/mol. The Bertz CT molecular complexity index is 1250. The van der Waals surface area contributed by atoms with E-state index in [-0.39, 0.29) is 4.90 Å². The highest BCUT2D eigenvalue weighted by atomic mass is 32.2. The van der Waals surface area contributed by atoms with E-state index in [1.165, 1.54) is 18.3 Å². The van der Waals surface area contributed by atoms with Crippen LogP contribution in [0.25, 0.3) is 22.2 Å². The number of aromatic amines is 1. The van der Waals surface area contributed by atoms with Gasteiger partial charge >= 0.3 is 0 Å². The van der Waals surface area contributed by atoms with E-state index in [0.717, 1.165) is 16.5 Å². The van der Waals surface area contributed by atoms with E-state index < -0.39 is 10.0 Å². The summed E-state index contributed by atoms with van der Waals surface area (Å²) in [5.74, 6) is 0.290. The maximum Gasteiger partial charge on any atom is 0.238 e. The molecule has 136 valence electrons. The van der Waals surface area contributed by atoms with Gasteiger partial charge in [-0.1, -0.05) is 18.2 Å². The summed E-state index contributed by atoms with van der Waals surface area (Å²) in [6.07, 6.45) is 3.36. The van der Waals surface area contributed by atoms with Crippen LogP contribution in [0, 0.1) is 0 Å². The second-order valence-corrected chi connectivity index (χ2v) is 7.50. The lowest BCUT2D eigenvalue weighted by atomic mass is 10.1. The number of nitrogens with zero attached hydrogens (tertiary/aromatic N) is 2. The predicted octanol–water partition coefficient (Wildman–Crippen LogP) is 2.60. The van der Waals surface area contributed by atoms with Gasteiger partial charge in [-0.3, -0.25) is 0 Å². The second kappa shape index (κ2) is 6.38. The summed E-state index contributed by atoms with van der Waals surface area (Å²) in [4.78, 5) is 11.9. The largest absolute Gasteiger partial charge is 0.396 e. The van der Waals surface area contributed by atoms with Gasteiger partial charge in [-0.15, -0.1) is 0 Å². The molecule has 8 nitrogen and oxygen atoms in total. The molecule has 0 aliphatic rings. The van der Waals surface area contributed by atoms with E-state index in [1.54, 1.807) is 12.1 Å². The van der Waals surface area contributed by atoms with Gasteiger partial charge in [0.15, 0.2) is 0 Å². The van der Waals surface area contributed by atoms with Crippen molar-refractivity contribution < 1.29 is 8.42 Å². The SMILES string of the molecule is Nc1cnc(Nc2cccc(S(N)(=O)=O)c2)nc1-c1cccc2[nH]ccc12. The molecule has 2 heterocycles. The van der Waals surface area contributed by atoms with E-state index >= 15 is 0 Å². The Labute approximate surface area is 155 Å². The molecule has 4 rings (SSSR count). The Morgan fingerprint density at radius 2 is 1.89 bits per heavy atom.